The van der Waals surface area contributed by atoms with Gasteiger partial charge in [0.1, 0.15) is 17.7 Å². The fourth-order valence-electron chi connectivity index (χ4n) is 2.45. The standard InChI is InChI=1S/C20H24N2O4/c1-20(2,3)26-17(23)14-21(4)18(24)16-11-8-12-22(19(16)25)13-15-9-6-5-7-10-15/h5-12H,13-14H2,1-4H3. The summed E-state index contributed by atoms with van der Waals surface area (Å²) in [6, 6.07) is 12.6. The maximum Gasteiger partial charge on any atom is 0.326 e. The van der Waals surface area contributed by atoms with Crippen LogP contribution in [-0.2, 0) is 16.1 Å². The third kappa shape index (κ3) is 5.31. The van der Waals surface area contributed by atoms with E-state index in [0.717, 1.165) is 5.56 Å². The minimum absolute atomic E-state index is 0.0227. The molecule has 26 heavy (non-hydrogen) atoms. The maximum absolute atomic E-state index is 12.6. The van der Waals surface area contributed by atoms with E-state index >= 15 is 0 Å². The van der Waals surface area contributed by atoms with E-state index in [1.165, 1.54) is 22.6 Å². The minimum Gasteiger partial charge on any atom is -0.459 e. The highest BCUT2D eigenvalue weighted by Gasteiger charge is 2.22. The summed E-state index contributed by atoms with van der Waals surface area (Å²) in [5.41, 5.74) is -0.0379. The molecule has 1 amide bonds. The number of hydrogen-bond donors (Lipinski definition) is 0. The maximum atomic E-state index is 12.6. The number of carbonyl (C=O) groups is 2. The van der Waals surface area contributed by atoms with E-state index in [0.29, 0.717) is 6.54 Å². The summed E-state index contributed by atoms with van der Waals surface area (Å²) in [7, 11) is 1.47. The van der Waals surface area contributed by atoms with Crippen LogP contribution in [-0.4, -0.2) is 40.5 Å². The Hall–Kier alpha value is -2.89. The van der Waals surface area contributed by atoms with Crippen molar-refractivity contribution in [1.82, 2.24) is 9.47 Å². The number of benzene rings is 1. The number of pyridine rings is 1. The van der Waals surface area contributed by atoms with Gasteiger partial charge in [0.2, 0.25) is 0 Å². The third-order valence-electron chi connectivity index (χ3n) is 3.58. The van der Waals surface area contributed by atoms with Crippen molar-refractivity contribution in [3.63, 3.8) is 0 Å². The Morgan fingerprint density at radius 3 is 2.35 bits per heavy atom. The summed E-state index contributed by atoms with van der Waals surface area (Å²) in [5, 5.41) is 0. The minimum atomic E-state index is -0.629. The van der Waals surface area contributed by atoms with Gasteiger partial charge in [0, 0.05) is 13.2 Å². The molecule has 2 aromatic rings. The van der Waals surface area contributed by atoms with E-state index in [1.807, 2.05) is 30.3 Å². The van der Waals surface area contributed by atoms with Gasteiger partial charge in [-0.25, -0.2) is 0 Å². The van der Waals surface area contributed by atoms with Gasteiger partial charge in [-0.3, -0.25) is 14.4 Å². The molecular formula is C20H24N2O4. The van der Waals surface area contributed by atoms with Crippen LogP contribution in [0.25, 0.3) is 0 Å². The summed E-state index contributed by atoms with van der Waals surface area (Å²) < 4.78 is 6.69. The lowest BCUT2D eigenvalue weighted by Gasteiger charge is -2.22. The molecule has 0 radical (unpaired) electrons. The van der Waals surface area contributed by atoms with Crippen molar-refractivity contribution in [2.24, 2.45) is 0 Å². The smallest absolute Gasteiger partial charge is 0.326 e. The van der Waals surface area contributed by atoms with Crippen LogP contribution in [0.5, 0.6) is 0 Å². The molecule has 6 heteroatoms. The summed E-state index contributed by atoms with van der Waals surface area (Å²) in [6.07, 6.45) is 1.64. The van der Waals surface area contributed by atoms with Crippen LogP contribution in [0, 0.1) is 0 Å². The van der Waals surface area contributed by atoms with E-state index in [-0.39, 0.29) is 12.1 Å². The van der Waals surface area contributed by atoms with Crippen molar-refractivity contribution >= 4 is 11.9 Å². The van der Waals surface area contributed by atoms with Gasteiger partial charge in [-0.15, -0.1) is 0 Å². The van der Waals surface area contributed by atoms with E-state index in [1.54, 1.807) is 33.0 Å². The predicted octanol–water partition coefficient (Wildman–Crippen LogP) is 2.31. The number of likely N-dealkylation sites (N-methyl/N-ethyl adjacent to an activating group) is 1. The molecule has 0 bridgehead atoms. The van der Waals surface area contributed by atoms with Gasteiger partial charge in [0.15, 0.2) is 0 Å². The summed E-state index contributed by atoms with van der Waals surface area (Å²) in [5.74, 6) is -1.03. The molecule has 6 nitrogen and oxygen atoms in total. The first-order chi connectivity index (χ1) is 12.2. The number of rotatable bonds is 5. The molecular weight excluding hydrogens is 332 g/mol. The van der Waals surface area contributed by atoms with Gasteiger partial charge in [-0.05, 0) is 38.5 Å². The van der Waals surface area contributed by atoms with Crippen LogP contribution < -0.4 is 5.56 Å². The van der Waals surface area contributed by atoms with Crippen LogP contribution in [0.2, 0.25) is 0 Å². The zero-order valence-electron chi connectivity index (χ0n) is 15.6. The normalized spacial score (nSPS) is 11.1. The second kappa shape index (κ2) is 7.99. The number of ether oxygens (including phenoxy) is 1. The average Bonchev–Trinajstić information content (AvgIpc) is 2.55. The first-order valence-electron chi connectivity index (χ1n) is 8.38. The van der Waals surface area contributed by atoms with Crippen molar-refractivity contribution in [1.29, 1.82) is 0 Å². The Kier molecular flexibility index (Phi) is 5.97. The highest BCUT2D eigenvalue weighted by molar-refractivity contribution is 5.95. The van der Waals surface area contributed by atoms with E-state index in [2.05, 4.69) is 0 Å². The molecule has 0 N–H and O–H groups in total. The molecule has 1 aromatic carbocycles. The first-order valence-corrected chi connectivity index (χ1v) is 8.38. The summed E-state index contributed by atoms with van der Waals surface area (Å²) in [4.78, 5) is 38.3. The van der Waals surface area contributed by atoms with Crippen LogP contribution in [0.3, 0.4) is 0 Å². The van der Waals surface area contributed by atoms with Gasteiger partial charge < -0.3 is 14.2 Å². The zero-order valence-corrected chi connectivity index (χ0v) is 15.6. The third-order valence-corrected chi connectivity index (χ3v) is 3.58. The Bertz CT molecular complexity index is 835. The lowest BCUT2D eigenvalue weighted by Crippen LogP contribution is -2.39. The van der Waals surface area contributed by atoms with Crippen molar-refractivity contribution in [3.05, 3.63) is 70.1 Å². The Morgan fingerprint density at radius 2 is 1.73 bits per heavy atom. The molecule has 0 saturated heterocycles. The molecule has 1 heterocycles. The monoisotopic (exact) mass is 356 g/mol. The molecule has 1 aromatic heterocycles. The fraction of sp³-hybridized carbons (Fsp3) is 0.350. The molecule has 0 saturated carbocycles. The Morgan fingerprint density at radius 1 is 1.08 bits per heavy atom. The Labute approximate surface area is 153 Å². The number of carbonyl (C=O) groups excluding carboxylic acids is 2. The van der Waals surface area contributed by atoms with Gasteiger partial charge in [-0.2, -0.15) is 0 Å². The second-order valence-electron chi connectivity index (χ2n) is 7.09. The van der Waals surface area contributed by atoms with Crippen LogP contribution >= 0.6 is 0 Å². The van der Waals surface area contributed by atoms with Crippen LogP contribution in [0.4, 0.5) is 0 Å². The SMILES string of the molecule is CN(CC(=O)OC(C)(C)C)C(=O)c1cccn(Cc2ccccc2)c1=O. The lowest BCUT2D eigenvalue weighted by atomic mass is 10.2. The largest absolute Gasteiger partial charge is 0.459 e. The second-order valence-corrected chi connectivity index (χ2v) is 7.09. The van der Waals surface area contributed by atoms with Gasteiger partial charge in [0.25, 0.3) is 11.5 Å². The first kappa shape index (κ1) is 19.4. The molecule has 0 spiro atoms. The molecule has 0 atom stereocenters. The number of nitrogens with zero attached hydrogens (tertiary/aromatic N) is 2. The number of hydrogen-bond acceptors (Lipinski definition) is 4. The number of aromatic nitrogens is 1. The zero-order chi connectivity index (χ0) is 19.3. The van der Waals surface area contributed by atoms with Gasteiger partial charge >= 0.3 is 5.97 Å². The molecule has 0 fully saturated rings. The van der Waals surface area contributed by atoms with Crippen molar-refractivity contribution < 1.29 is 14.3 Å². The lowest BCUT2D eigenvalue weighted by molar-refractivity contribution is -0.155. The number of esters is 1. The number of amides is 1. The van der Waals surface area contributed by atoms with Crippen molar-refractivity contribution in [3.8, 4) is 0 Å². The topological polar surface area (TPSA) is 68.6 Å². The predicted molar refractivity (Wildman–Crippen MR) is 99.1 cm³/mol. The van der Waals surface area contributed by atoms with E-state index in [4.69, 9.17) is 4.74 Å². The van der Waals surface area contributed by atoms with Crippen LogP contribution in [0.15, 0.2) is 53.5 Å². The highest BCUT2D eigenvalue weighted by atomic mass is 16.6. The summed E-state index contributed by atoms with van der Waals surface area (Å²) in [6.45, 7) is 5.42. The molecule has 0 aliphatic rings. The summed E-state index contributed by atoms with van der Waals surface area (Å²) >= 11 is 0. The molecule has 138 valence electrons. The molecule has 0 aliphatic carbocycles. The van der Waals surface area contributed by atoms with Gasteiger partial charge in [0.05, 0.1) is 6.54 Å². The molecule has 0 unspecified atom stereocenters. The van der Waals surface area contributed by atoms with Gasteiger partial charge in [-0.1, -0.05) is 30.3 Å². The fourth-order valence-corrected chi connectivity index (χ4v) is 2.45. The quantitative estimate of drug-likeness (QED) is 0.771. The average molecular weight is 356 g/mol. The van der Waals surface area contributed by atoms with Crippen LogP contribution in [0.1, 0.15) is 36.7 Å². The van der Waals surface area contributed by atoms with Crippen molar-refractivity contribution in [2.45, 2.75) is 32.9 Å². The van der Waals surface area contributed by atoms with E-state index < -0.39 is 23.0 Å². The highest BCUT2D eigenvalue weighted by Crippen LogP contribution is 2.08. The Balaban J connectivity index is 2.15. The molecule has 2 rings (SSSR count). The van der Waals surface area contributed by atoms with Crippen molar-refractivity contribution in [2.75, 3.05) is 13.6 Å². The van der Waals surface area contributed by atoms with E-state index in [9.17, 15) is 14.4 Å². The molecule has 0 aliphatic heterocycles.